The Morgan fingerprint density at radius 1 is 1.20 bits per heavy atom. The van der Waals surface area contributed by atoms with Gasteiger partial charge in [-0.05, 0) is 37.1 Å². The highest BCUT2D eigenvalue weighted by Crippen LogP contribution is 2.16. The predicted molar refractivity (Wildman–Crippen MR) is 78.9 cm³/mol. The summed E-state index contributed by atoms with van der Waals surface area (Å²) >= 11 is 0. The molecule has 1 aromatic carbocycles. The number of pyridine rings is 1. The van der Waals surface area contributed by atoms with Gasteiger partial charge in [0.25, 0.3) is 0 Å². The SMILES string of the molecule is COc1cccc(COc2cccc(CC(C)N)c2)n1. The van der Waals surface area contributed by atoms with Crippen molar-refractivity contribution in [3.05, 3.63) is 53.7 Å². The van der Waals surface area contributed by atoms with Crippen LogP contribution in [-0.4, -0.2) is 18.1 Å². The third-order valence-corrected chi connectivity index (χ3v) is 2.83. The van der Waals surface area contributed by atoms with Gasteiger partial charge in [-0.2, -0.15) is 0 Å². The maximum Gasteiger partial charge on any atom is 0.213 e. The van der Waals surface area contributed by atoms with Crippen LogP contribution < -0.4 is 15.2 Å². The van der Waals surface area contributed by atoms with Crippen LogP contribution in [0, 0.1) is 0 Å². The van der Waals surface area contributed by atoms with Crippen molar-refractivity contribution < 1.29 is 9.47 Å². The summed E-state index contributed by atoms with van der Waals surface area (Å²) in [7, 11) is 1.60. The predicted octanol–water partition coefficient (Wildman–Crippen LogP) is 2.56. The molecule has 1 heterocycles. The highest BCUT2D eigenvalue weighted by atomic mass is 16.5. The van der Waals surface area contributed by atoms with E-state index >= 15 is 0 Å². The fraction of sp³-hybridized carbons (Fsp3) is 0.312. The van der Waals surface area contributed by atoms with Crippen LogP contribution in [0.3, 0.4) is 0 Å². The molecule has 0 spiro atoms. The second-order valence-corrected chi connectivity index (χ2v) is 4.79. The van der Waals surface area contributed by atoms with Crippen molar-refractivity contribution in [2.45, 2.75) is 26.0 Å². The number of hydrogen-bond donors (Lipinski definition) is 1. The van der Waals surface area contributed by atoms with Crippen LogP contribution in [0.5, 0.6) is 11.6 Å². The van der Waals surface area contributed by atoms with E-state index in [1.807, 2.05) is 43.3 Å². The van der Waals surface area contributed by atoms with Gasteiger partial charge >= 0.3 is 0 Å². The molecule has 0 amide bonds. The van der Waals surface area contributed by atoms with Crippen LogP contribution in [0.2, 0.25) is 0 Å². The highest BCUT2D eigenvalue weighted by molar-refractivity contribution is 5.29. The Kier molecular flexibility index (Phi) is 4.96. The quantitative estimate of drug-likeness (QED) is 0.878. The van der Waals surface area contributed by atoms with E-state index in [2.05, 4.69) is 11.1 Å². The Hall–Kier alpha value is -2.07. The van der Waals surface area contributed by atoms with Crippen LogP contribution >= 0.6 is 0 Å². The number of rotatable bonds is 6. The Labute approximate surface area is 119 Å². The minimum atomic E-state index is 0.144. The molecule has 0 saturated heterocycles. The monoisotopic (exact) mass is 272 g/mol. The normalized spacial score (nSPS) is 11.9. The van der Waals surface area contributed by atoms with Crippen molar-refractivity contribution in [3.8, 4) is 11.6 Å². The van der Waals surface area contributed by atoms with Gasteiger partial charge in [-0.1, -0.05) is 18.2 Å². The molecule has 2 N–H and O–H groups in total. The summed E-state index contributed by atoms with van der Waals surface area (Å²) in [4.78, 5) is 4.31. The molecule has 0 aliphatic rings. The van der Waals surface area contributed by atoms with E-state index in [9.17, 15) is 0 Å². The molecule has 0 aliphatic carbocycles. The van der Waals surface area contributed by atoms with Crippen molar-refractivity contribution in [1.29, 1.82) is 0 Å². The van der Waals surface area contributed by atoms with Crippen molar-refractivity contribution in [2.24, 2.45) is 5.73 Å². The molecule has 1 unspecified atom stereocenters. The fourth-order valence-electron chi connectivity index (χ4n) is 1.94. The second kappa shape index (κ2) is 6.91. The topological polar surface area (TPSA) is 57.4 Å². The minimum Gasteiger partial charge on any atom is -0.487 e. The Morgan fingerprint density at radius 3 is 2.75 bits per heavy atom. The molecule has 2 rings (SSSR count). The lowest BCUT2D eigenvalue weighted by Gasteiger charge is -2.09. The van der Waals surface area contributed by atoms with Gasteiger partial charge in [-0.15, -0.1) is 0 Å². The van der Waals surface area contributed by atoms with Gasteiger partial charge in [-0.25, -0.2) is 4.98 Å². The van der Waals surface area contributed by atoms with E-state index in [1.54, 1.807) is 7.11 Å². The Balaban J connectivity index is 1.99. The lowest BCUT2D eigenvalue weighted by molar-refractivity contribution is 0.297. The van der Waals surface area contributed by atoms with Gasteiger partial charge in [-0.3, -0.25) is 0 Å². The summed E-state index contributed by atoms with van der Waals surface area (Å²) in [6.45, 7) is 2.41. The summed E-state index contributed by atoms with van der Waals surface area (Å²) in [5.41, 5.74) is 7.82. The molecule has 1 aromatic heterocycles. The summed E-state index contributed by atoms with van der Waals surface area (Å²) in [5, 5.41) is 0. The molecule has 4 nitrogen and oxygen atoms in total. The molecular weight excluding hydrogens is 252 g/mol. The first-order valence-corrected chi connectivity index (χ1v) is 6.64. The molecule has 0 aliphatic heterocycles. The number of methoxy groups -OCH3 is 1. The lowest BCUT2D eigenvalue weighted by Crippen LogP contribution is -2.17. The van der Waals surface area contributed by atoms with Crippen LogP contribution in [0.4, 0.5) is 0 Å². The first-order valence-electron chi connectivity index (χ1n) is 6.64. The van der Waals surface area contributed by atoms with Gasteiger partial charge in [0.05, 0.1) is 12.8 Å². The van der Waals surface area contributed by atoms with E-state index in [1.165, 1.54) is 5.56 Å². The average Bonchev–Trinajstić information content (AvgIpc) is 2.45. The summed E-state index contributed by atoms with van der Waals surface area (Å²) < 4.78 is 10.8. The highest BCUT2D eigenvalue weighted by Gasteiger charge is 2.02. The van der Waals surface area contributed by atoms with Crippen molar-refractivity contribution in [1.82, 2.24) is 4.98 Å². The molecule has 106 valence electrons. The maximum atomic E-state index is 5.81. The minimum absolute atomic E-state index is 0.144. The summed E-state index contributed by atoms with van der Waals surface area (Å²) in [5.74, 6) is 1.42. The Morgan fingerprint density at radius 2 is 2.00 bits per heavy atom. The number of ether oxygens (including phenoxy) is 2. The van der Waals surface area contributed by atoms with Crippen LogP contribution in [0.25, 0.3) is 0 Å². The lowest BCUT2D eigenvalue weighted by atomic mass is 10.1. The first-order chi connectivity index (χ1) is 9.67. The molecular formula is C16H20N2O2. The number of benzene rings is 1. The molecule has 20 heavy (non-hydrogen) atoms. The fourth-order valence-corrected chi connectivity index (χ4v) is 1.94. The number of nitrogens with zero attached hydrogens (tertiary/aromatic N) is 1. The third kappa shape index (κ3) is 4.24. The van der Waals surface area contributed by atoms with E-state index in [4.69, 9.17) is 15.2 Å². The Bertz CT molecular complexity index is 556. The molecule has 4 heteroatoms. The smallest absolute Gasteiger partial charge is 0.213 e. The van der Waals surface area contributed by atoms with Crippen LogP contribution in [-0.2, 0) is 13.0 Å². The molecule has 0 radical (unpaired) electrons. The summed E-state index contributed by atoms with van der Waals surface area (Å²) in [6, 6.07) is 13.8. The number of hydrogen-bond acceptors (Lipinski definition) is 4. The van der Waals surface area contributed by atoms with E-state index < -0.39 is 0 Å². The van der Waals surface area contributed by atoms with Crippen LogP contribution in [0.15, 0.2) is 42.5 Å². The van der Waals surface area contributed by atoms with Crippen molar-refractivity contribution >= 4 is 0 Å². The van der Waals surface area contributed by atoms with Gasteiger partial charge in [0.1, 0.15) is 12.4 Å². The zero-order valence-corrected chi connectivity index (χ0v) is 11.9. The van der Waals surface area contributed by atoms with E-state index in [-0.39, 0.29) is 6.04 Å². The molecule has 0 bridgehead atoms. The third-order valence-electron chi connectivity index (χ3n) is 2.83. The van der Waals surface area contributed by atoms with Crippen molar-refractivity contribution in [3.63, 3.8) is 0 Å². The van der Waals surface area contributed by atoms with E-state index in [0.29, 0.717) is 12.5 Å². The molecule has 2 aromatic rings. The number of aromatic nitrogens is 1. The first kappa shape index (κ1) is 14.3. The molecule has 1 atom stereocenters. The second-order valence-electron chi connectivity index (χ2n) is 4.79. The van der Waals surface area contributed by atoms with Crippen molar-refractivity contribution in [2.75, 3.05) is 7.11 Å². The van der Waals surface area contributed by atoms with Gasteiger partial charge in [0.2, 0.25) is 5.88 Å². The molecule has 0 fully saturated rings. The van der Waals surface area contributed by atoms with Gasteiger partial charge in [0.15, 0.2) is 0 Å². The van der Waals surface area contributed by atoms with Gasteiger partial charge < -0.3 is 15.2 Å². The number of nitrogens with two attached hydrogens (primary N) is 1. The average molecular weight is 272 g/mol. The largest absolute Gasteiger partial charge is 0.487 e. The van der Waals surface area contributed by atoms with Gasteiger partial charge in [0, 0.05) is 12.1 Å². The maximum absolute atomic E-state index is 5.81. The van der Waals surface area contributed by atoms with E-state index in [0.717, 1.165) is 17.9 Å². The van der Waals surface area contributed by atoms with Crippen LogP contribution in [0.1, 0.15) is 18.2 Å². The summed E-state index contributed by atoms with van der Waals surface area (Å²) in [6.07, 6.45) is 0.842. The zero-order valence-electron chi connectivity index (χ0n) is 11.9. The molecule has 0 saturated carbocycles. The zero-order chi connectivity index (χ0) is 14.4. The standard InChI is InChI=1S/C16H20N2O2/c1-12(17)9-13-5-3-7-15(10-13)20-11-14-6-4-8-16(18-14)19-2/h3-8,10,12H,9,11,17H2,1-2H3.